The third kappa shape index (κ3) is 4.70. The summed E-state index contributed by atoms with van der Waals surface area (Å²) >= 11 is 0. The molecule has 0 bridgehead atoms. The molecule has 1 aromatic carbocycles. The molecule has 7 heteroatoms. The molecule has 2 heterocycles. The molecule has 0 fully saturated rings. The lowest BCUT2D eigenvalue weighted by molar-refractivity contribution is -0.127. The van der Waals surface area contributed by atoms with Crippen molar-refractivity contribution in [1.82, 2.24) is 0 Å². The molecule has 0 spiro atoms. The van der Waals surface area contributed by atoms with Crippen LogP contribution in [-0.2, 0) is 9.47 Å². The highest BCUT2D eigenvalue weighted by Crippen LogP contribution is 2.48. The normalized spacial score (nSPS) is 19.0. The van der Waals surface area contributed by atoms with E-state index in [1.54, 1.807) is 19.9 Å². The first-order valence-corrected chi connectivity index (χ1v) is 13.3. The highest BCUT2D eigenvalue weighted by Gasteiger charge is 2.39. The molecule has 0 N–H and O–H groups in total. The van der Waals surface area contributed by atoms with Crippen LogP contribution in [0.25, 0.3) is 6.08 Å². The second-order valence-corrected chi connectivity index (χ2v) is 15.0. The molecular weight excluding hydrogens is 376 g/mol. The van der Waals surface area contributed by atoms with E-state index in [0.29, 0.717) is 35.0 Å². The second kappa shape index (κ2) is 7.11. The van der Waals surface area contributed by atoms with E-state index in [9.17, 15) is 4.79 Å². The number of hydrogen-bond donors (Lipinski definition) is 0. The molecule has 154 valence electrons. The van der Waals surface area contributed by atoms with Crippen LogP contribution in [0, 0.1) is 0 Å². The average molecular weight is 407 g/mol. The van der Waals surface area contributed by atoms with Crippen LogP contribution in [0.2, 0.25) is 25.7 Å². The molecule has 1 aromatic rings. The average Bonchev–Trinajstić information content (AvgIpc) is 2.52. The van der Waals surface area contributed by atoms with Crippen LogP contribution in [0.3, 0.4) is 0 Å². The van der Waals surface area contributed by atoms with Gasteiger partial charge < -0.3 is 23.7 Å². The van der Waals surface area contributed by atoms with E-state index in [1.807, 2.05) is 26.0 Å². The Kier molecular flexibility index (Phi) is 5.27. The van der Waals surface area contributed by atoms with Crippen molar-refractivity contribution >= 4 is 20.1 Å². The van der Waals surface area contributed by atoms with Crippen molar-refractivity contribution in [3.63, 3.8) is 0 Å². The number of hydrogen-bond acceptors (Lipinski definition) is 6. The van der Waals surface area contributed by atoms with Crippen molar-refractivity contribution < 1.29 is 28.5 Å². The van der Waals surface area contributed by atoms with Crippen molar-refractivity contribution in [1.29, 1.82) is 0 Å². The summed E-state index contributed by atoms with van der Waals surface area (Å²) in [4.78, 5) is 12.5. The van der Waals surface area contributed by atoms with Crippen LogP contribution < -0.4 is 14.2 Å². The van der Waals surface area contributed by atoms with E-state index >= 15 is 0 Å². The Morgan fingerprint density at radius 3 is 2.43 bits per heavy atom. The van der Waals surface area contributed by atoms with Gasteiger partial charge in [-0.1, -0.05) is 19.6 Å². The number of carbonyl (C=O) groups is 1. The number of cyclic esters (lactones) is 1. The van der Waals surface area contributed by atoms with Gasteiger partial charge in [-0.2, -0.15) is 0 Å². The molecule has 0 saturated carbocycles. The highest BCUT2D eigenvalue weighted by molar-refractivity contribution is 6.76. The number of fused-ring (bicyclic) bond motifs is 3. The van der Waals surface area contributed by atoms with E-state index in [4.69, 9.17) is 23.7 Å². The second-order valence-electron chi connectivity index (χ2n) is 9.41. The number of ether oxygens (including phenoxy) is 5. The summed E-state index contributed by atoms with van der Waals surface area (Å²) in [6.07, 6.45) is 3.84. The van der Waals surface area contributed by atoms with Crippen LogP contribution in [0.5, 0.6) is 17.2 Å². The van der Waals surface area contributed by atoms with E-state index in [1.165, 1.54) is 0 Å². The largest absolute Gasteiger partial charge is 0.479 e. The fraction of sp³-hybridized carbons (Fsp3) is 0.571. The van der Waals surface area contributed by atoms with Gasteiger partial charge in [0.15, 0.2) is 18.3 Å². The van der Waals surface area contributed by atoms with Crippen molar-refractivity contribution in [3.8, 4) is 17.2 Å². The summed E-state index contributed by atoms with van der Waals surface area (Å²) in [6.45, 7) is 14.9. The Bertz CT molecular complexity index is 804. The van der Waals surface area contributed by atoms with Crippen LogP contribution >= 0.6 is 0 Å². The molecule has 0 amide bonds. The minimum Gasteiger partial charge on any atom is -0.479 e. The maximum atomic E-state index is 12.5. The Morgan fingerprint density at radius 2 is 1.75 bits per heavy atom. The van der Waals surface area contributed by atoms with Gasteiger partial charge in [-0.3, -0.25) is 0 Å². The monoisotopic (exact) mass is 406 g/mol. The number of rotatable bonds is 6. The molecular formula is C21H30O6Si. The summed E-state index contributed by atoms with van der Waals surface area (Å²) in [5.74, 6) is -0.0437. The van der Waals surface area contributed by atoms with Crippen molar-refractivity contribution in [2.24, 2.45) is 0 Å². The van der Waals surface area contributed by atoms with Crippen molar-refractivity contribution in [3.05, 3.63) is 23.3 Å². The first-order chi connectivity index (χ1) is 12.9. The van der Waals surface area contributed by atoms with Gasteiger partial charge in [-0.25, -0.2) is 4.79 Å². The Morgan fingerprint density at radius 1 is 1.04 bits per heavy atom. The van der Waals surface area contributed by atoms with Gasteiger partial charge in [0.1, 0.15) is 16.9 Å². The Hall–Kier alpha value is -1.99. The van der Waals surface area contributed by atoms with Gasteiger partial charge in [-0.05, 0) is 32.0 Å². The molecule has 0 aromatic heterocycles. The predicted molar refractivity (Wildman–Crippen MR) is 110 cm³/mol. The summed E-state index contributed by atoms with van der Waals surface area (Å²) in [5, 5.41) is 0. The minimum atomic E-state index is -1.16. The number of carbonyl (C=O) groups excluding carboxylic acids is 1. The molecule has 28 heavy (non-hydrogen) atoms. The van der Waals surface area contributed by atoms with Crippen LogP contribution in [-0.4, -0.2) is 38.8 Å². The Balaban J connectivity index is 1.88. The van der Waals surface area contributed by atoms with E-state index in [-0.39, 0.29) is 6.79 Å². The lowest BCUT2D eigenvalue weighted by atomic mass is 9.98. The zero-order valence-electron chi connectivity index (χ0n) is 17.8. The molecule has 0 aliphatic carbocycles. The van der Waals surface area contributed by atoms with Crippen LogP contribution in [0.1, 0.15) is 43.6 Å². The van der Waals surface area contributed by atoms with Gasteiger partial charge in [0.05, 0.1) is 5.56 Å². The molecule has 3 rings (SSSR count). The van der Waals surface area contributed by atoms with Gasteiger partial charge in [0.2, 0.25) is 5.79 Å². The van der Waals surface area contributed by atoms with Gasteiger partial charge >= 0.3 is 5.97 Å². The first kappa shape index (κ1) is 20.7. The number of benzene rings is 1. The molecule has 0 saturated heterocycles. The van der Waals surface area contributed by atoms with E-state index in [2.05, 4.69) is 19.6 Å². The van der Waals surface area contributed by atoms with Gasteiger partial charge in [0, 0.05) is 34.6 Å². The fourth-order valence-corrected chi connectivity index (χ4v) is 3.69. The van der Waals surface area contributed by atoms with E-state index < -0.39 is 25.4 Å². The fourth-order valence-electron chi connectivity index (χ4n) is 2.94. The molecule has 0 unspecified atom stereocenters. The van der Waals surface area contributed by atoms with Gasteiger partial charge in [0.25, 0.3) is 0 Å². The summed E-state index contributed by atoms with van der Waals surface area (Å²) in [7, 11) is -1.16. The standard InChI is InChI=1S/C21H30O6Si/c1-20(2)9-8-14-17-15(19(22)27-21(3,4)26-17)12-16(18(14)25-20)24-13-23-10-11-28(5,6)7/h8-9,12H,10-11,13H2,1-7H3. The zero-order chi connectivity index (χ0) is 20.7. The molecule has 0 radical (unpaired) electrons. The quantitative estimate of drug-likeness (QED) is 0.291. The third-order valence-electron chi connectivity index (χ3n) is 4.45. The van der Waals surface area contributed by atoms with Gasteiger partial charge in [-0.15, -0.1) is 0 Å². The van der Waals surface area contributed by atoms with Crippen LogP contribution in [0.15, 0.2) is 12.1 Å². The maximum Gasteiger partial charge on any atom is 0.345 e. The maximum absolute atomic E-state index is 12.5. The van der Waals surface area contributed by atoms with E-state index in [0.717, 1.165) is 6.04 Å². The minimum absolute atomic E-state index is 0.0879. The first-order valence-electron chi connectivity index (χ1n) is 9.59. The summed E-state index contributed by atoms with van der Waals surface area (Å²) in [5.41, 5.74) is 0.504. The SMILES string of the molecule is CC1(C)C=Cc2c(c(OCOCC[Si](C)(C)C)cc3c2OC(C)(C)OC3=O)O1. The lowest BCUT2D eigenvalue weighted by Gasteiger charge is -2.36. The predicted octanol–water partition coefficient (Wildman–Crippen LogP) is 4.85. The molecule has 6 nitrogen and oxygen atoms in total. The lowest BCUT2D eigenvalue weighted by Crippen LogP contribution is -2.39. The zero-order valence-corrected chi connectivity index (χ0v) is 18.8. The molecule has 2 aliphatic rings. The number of esters is 1. The highest BCUT2D eigenvalue weighted by atomic mass is 28.3. The smallest absolute Gasteiger partial charge is 0.345 e. The Labute approximate surface area is 167 Å². The van der Waals surface area contributed by atoms with Crippen molar-refractivity contribution in [2.45, 2.75) is 64.8 Å². The summed E-state index contributed by atoms with van der Waals surface area (Å²) in [6, 6.07) is 2.67. The third-order valence-corrected chi connectivity index (χ3v) is 6.15. The summed E-state index contributed by atoms with van der Waals surface area (Å²) < 4.78 is 28.9. The van der Waals surface area contributed by atoms with Crippen LogP contribution in [0.4, 0.5) is 0 Å². The topological polar surface area (TPSA) is 63.2 Å². The van der Waals surface area contributed by atoms with Crippen molar-refractivity contribution in [2.75, 3.05) is 13.4 Å². The molecule has 0 atom stereocenters. The molecule has 2 aliphatic heterocycles.